The molecule has 0 radical (unpaired) electrons. The van der Waals surface area contributed by atoms with Crippen LogP contribution < -0.4 is 5.32 Å². The molecule has 0 bridgehead atoms. The molecule has 3 N–H and O–H groups in total. The molecular weight excluding hydrogens is 432 g/mol. The smallest absolute Gasteiger partial charge is 0.321 e. The van der Waals surface area contributed by atoms with Gasteiger partial charge in [-0.1, -0.05) is 6.08 Å². The van der Waals surface area contributed by atoms with Crippen LogP contribution in [0.15, 0.2) is 23.9 Å². The summed E-state index contributed by atoms with van der Waals surface area (Å²) >= 11 is 6.12. The molecule has 3 amide bonds. The number of likely N-dealkylation sites (tertiary alicyclic amines) is 1. The van der Waals surface area contributed by atoms with Crippen LogP contribution in [0.1, 0.15) is 38.5 Å². The normalized spacial score (nSPS) is 29.0. The summed E-state index contributed by atoms with van der Waals surface area (Å²) in [6.45, 7) is 3.44. The van der Waals surface area contributed by atoms with E-state index in [1.54, 1.807) is 9.80 Å². The molecule has 1 spiro atoms. The molecule has 178 valence electrons. The topological polar surface area (TPSA) is 96.4 Å². The van der Waals surface area contributed by atoms with Gasteiger partial charge in [-0.2, -0.15) is 0 Å². The fourth-order valence-corrected chi connectivity index (χ4v) is 5.30. The zero-order valence-electron chi connectivity index (χ0n) is 18.6. The van der Waals surface area contributed by atoms with Crippen molar-refractivity contribution in [2.75, 3.05) is 45.9 Å². The lowest BCUT2D eigenvalue weighted by molar-refractivity contribution is -0.133. The maximum atomic E-state index is 12.8. The second-order valence-electron chi connectivity index (χ2n) is 9.58. The second-order valence-corrected chi connectivity index (χ2v) is 10.1. The minimum atomic E-state index is -0.277. The number of halogens is 1. The zero-order chi connectivity index (χ0) is 22.7. The Morgan fingerprint density at radius 2 is 2.06 bits per heavy atom. The number of piperidine rings is 1. The summed E-state index contributed by atoms with van der Waals surface area (Å²) in [5.41, 5.74) is 0.852. The minimum absolute atomic E-state index is 0.0347. The van der Waals surface area contributed by atoms with E-state index in [-0.39, 0.29) is 47.9 Å². The first-order valence-electron chi connectivity index (χ1n) is 11.8. The van der Waals surface area contributed by atoms with Crippen molar-refractivity contribution in [3.63, 3.8) is 0 Å². The van der Waals surface area contributed by atoms with Crippen LogP contribution in [0, 0.1) is 5.41 Å². The zero-order valence-corrected chi connectivity index (χ0v) is 19.3. The molecule has 4 aliphatic rings. The Labute approximate surface area is 194 Å². The lowest BCUT2D eigenvalue weighted by atomic mass is 9.90. The number of aliphatic hydroxyl groups is 2. The predicted molar refractivity (Wildman–Crippen MR) is 122 cm³/mol. The molecule has 8 nitrogen and oxygen atoms in total. The van der Waals surface area contributed by atoms with Crippen LogP contribution >= 0.6 is 11.6 Å². The van der Waals surface area contributed by atoms with E-state index >= 15 is 0 Å². The van der Waals surface area contributed by atoms with Crippen molar-refractivity contribution in [1.29, 1.82) is 0 Å². The quantitative estimate of drug-likeness (QED) is 0.512. The molecule has 2 aliphatic heterocycles. The number of urea groups is 1. The van der Waals surface area contributed by atoms with E-state index < -0.39 is 0 Å². The highest BCUT2D eigenvalue weighted by Gasteiger charge is 2.51. The number of nitrogens with one attached hydrogen (secondary N) is 1. The first-order valence-corrected chi connectivity index (χ1v) is 12.2. The third-order valence-electron chi connectivity index (χ3n) is 7.47. The number of amides is 3. The van der Waals surface area contributed by atoms with E-state index in [9.17, 15) is 19.8 Å². The molecule has 2 aliphatic carbocycles. The summed E-state index contributed by atoms with van der Waals surface area (Å²) < 4.78 is 0. The highest BCUT2D eigenvalue weighted by molar-refractivity contribution is 6.22. The van der Waals surface area contributed by atoms with E-state index in [1.165, 1.54) is 0 Å². The van der Waals surface area contributed by atoms with Crippen LogP contribution in [0.5, 0.6) is 0 Å². The fourth-order valence-electron chi connectivity index (χ4n) is 5.06. The first kappa shape index (κ1) is 23.5. The molecule has 0 aromatic rings. The van der Waals surface area contributed by atoms with Gasteiger partial charge >= 0.3 is 6.03 Å². The summed E-state index contributed by atoms with van der Waals surface area (Å²) in [4.78, 5) is 31.1. The molecule has 3 unspecified atom stereocenters. The summed E-state index contributed by atoms with van der Waals surface area (Å²) in [5.74, 6) is -0.0347. The highest BCUT2D eigenvalue weighted by atomic mass is 35.5. The van der Waals surface area contributed by atoms with Crippen molar-refractivity contribution >= 4 is 23.5 Å². The van der Waals surface area contributed by atoms with Crippen molar-refractivity contribution < 1.29 is 19.8 Å². The summed E-state index contributed by atoms with van der Waals surface area (Å²) in [5, 5.41) is 23.2. The van der Waals surface area contributed by atoms with Crippen LogP contribution in [0.3, 0.4) is 0 Å². The lowest BCUT2D eigenvalue weighted by Gasteiger charge is -2.38. The van der Waals surface area contributed by atoms with E-state index in [4.69, 9.17) is 11.6 Å². The maximum absolute atomic E-state index is 12.8. The van der Waals surface area contributed by atoms with Crippen molar-refractivity contribution in [1.82, 2.24) is 20.0 Å². The van der Waals surface area contributed by atoms with Crippen LogP contribution in [0.4, 0.5) is 4.79 Å². The Morgan fingerprint density at radius 1 is 1.25 bits per heavy atom. The standard InChI is InChI=1S/C23H35ClN4O4/c24-17-2-1-3-18(14-17)25-22(32)27-10-5-21(31)28(13-12-27)19(16-29)4-9-26-11-8-23(6-7-23)20(30)15-26/h1,3,14,17,19-20,29-30H,2,4-13,15-16H2,(H,25,32). The Kier molecular flexibility index (Phi) is 7.44. The van der Waals surface area contributed by atoms with Gasteiger partial charge in [0.05, 0.1) is 24.1 Å². The van der Waals surface area contributed by atoms with Gasteiger partial charge in [0, 0.05) is 44.8 Å². The third kappa shape index (κ3) is 5.47. The molecule has 3 fully saturated rings. The van der Waals surface area contributed by atoms with Gasteiger partial charge in [0.2, 0.25) is 5.91 Å². The number of rotatable bonds is 6. The van der Waals surface area contributed by atoms with Gasteiger partial charge in [0.25, 0.3) is 0 Å². The SMILES string of the molecule is O=C(NC1=CC(Cl)CC=C1)N1CCC(=O)N(C(CO)CCN2CCC3(CC3)C(O)C2)CC1. The molecule has 1 saturated carbocycles. The van der Waals surface area contributed by atoms with E-state index in [2.05, 4.69) is 10.2 Å². The second kappa shape index (κ2) is 10.1. The number of alkyl halides is 1. The summed E-state index contributed by atoms with van der Waals surface area (Å²) in [6, 6.07) is -0.515. The largest absolute Gasteiger partial charge is 0.394 e. The Hall–Kier alpha value is -1.61. The van der Waals surface area contributed by atoms with Gasteiger partial charge < -0.3 is 30.2 Å². The number of carbonyl (C=O) groups excluding carboxylic acids is 2. The first-order chi connectivity index (χ1) is 15.4. The van der Waals surface area contributed by atoms with E-state index in [0.29, 0.717) is 38.3 Å². The monoisotopic (exact) mass is 466 g/mol. The Balaban J connectivity index is 1.27. The number of hydrogen-bond acceptors (Lipinski definition) is 5. The average Bonchev–Trinajstić information content (AvgIpc) is 3.57. The van der Waals surface area contributed by atoms with Crippen molar-refractivity contribution in [3.05, 3.63) is 23.9 Å². The number of hydrogen-bond donors (Lipinski definition) is 3. The highest BCUT2D eigenvalue weighted by Crippen LogP contribution is 2.53. The number of carbonyl (C=O) groups is 2. The van der Waals surface area contributed by atoms with Gasteiger partial charge in [-0.3, -0.25) is 4.79 Å². The summed E-state index contributed by atoms with van der Waals surface area (Å²) in [6.07, 6.45) is 10.3. The van der Waals surface area contributed by atoms with Crippen molar-refractivity contribution in [2.45, 2.75) is 56.0 Å². The Bertz CT molecular complexity index is 769. The molecule has 0 aromatic heterocycles. The number of β-amino-alcohol motifs (C(OH)–C–C–N with tert-alkyl or cyclic N) is 1. The molecular formula is C23H35ClN4O4. The molecule has 2 saturated heterocycles. The lowest BCUT2D eigenvalue weighted by Crippen LogP contribution is -2.49. The summed E-state index contributed by atoms with van der Waals surface area (Å²) in [7, 11) is 0. The third-order valence-corrected chi connectivity index (χ3v) is 7.77. The number of aliphatic hydroxyl groups excluding tert-OH is 2. The molecule has 32 heavy (non-hydrogen) atoms. The van der Waals surface area contributed by atoms with Gasteiger partial charge in [0.1, 0.15) is 0 Å². The molecule has 2 heterocycles. The van der Waals surface area contributed by atoms with Gasteiger partial charge in [-0.05, 0) is 56.2 Å². The van der Waals surface area contributed by atoms with Gasteiger partial charge in [-0.15, -0.1) is 11.6 Å². The van der Waals surface area contributed by atoms with Crippen LogP contribution in [0.2, 0.25) is 0 Å². The predicted octanol–water partition coefficient (Wildman–Crippen LogP) is 1.28. The van der Waals surface area contributed by atoms with Crippen LogP contribution in [-0.2, 0) is 4.79 Å². The Morgan fingerprint density at radius 3 is 2.75 bits per heavy atom. The molecule has 4 rings (SSSR count). The van der Waals surface area contributed by atoms with Crippen LogP contribution in [0.25, 0.3) is 0 Å². The molecule has 9 heteroatoms. The number of allylic oxidation sites excluding steroid dienone is 3. The van der Waals surface area contributed by atoms with Gasteiger partial charge in [0.15, 0.2) is 0 Å². The van der Waals surface area contributed by atoms with Crippen molar-refractivity contribution in [2.24, 2.45) is 5.41 Å². The van der Waals surface area contributed by atoms with E-state index in [1.807, 2.05) is 18.2 Å². The molecule has 3 atom stereocenters. The van der Waals surface area contributed by atoms with Gasteiger partial charge in [-0.25, -0.2) is 4.79 Å². The van der Waals surface area contributed by atoms with E-state index in [0.717, 1.165) is 38.8 Å². The minimum Gasteiger partial charge on any atom is -0.394 e. The van der Waals surface area contributed by atoms with Crippen molar-refractivity contribution in [3.8, 4) is 0 Å². The molecule has 0 aromatic carbocycles. The fraction of sp³-hybridized carbons (Fsp3) is 0.739. The average molecular weight is 467 g/mol. The van der Waals surface area contributed by atoms with Crippen LogP contribution in [-0.4, -0.2) is 100 Å². The number of nitrogens with zero attached hydrogens (tertiary/aromatic N) is 3. The maximum Gasteiger partial charge on any atom is 0.321 e.